The van der Waals surface area contributed by atoms with E-state index < -0.39 is 0 Å². The fourth-order valence-corrected chi connectivity index (χ4v) is 3.61. The van der Waals surface area contributed by atoms with E-state index in [1.807, 2.05) is 18.2 Å². The molecule has 3 aromatic rings. The lowest BCUT2D eigenvalue weighted by Gasteiger charge is -2.18. The third kappa shape index (κ3) is 2.92. The van der Waals surface area contributed by atoms with E-state index in [9.17, 15) is 0 Å². The van der Waals surface area contributed by atoms with Gasteiger partial charge in [0.25, 0.3) is 5.71 Å². The number of hydrogen-bond acceptors (Lipinski definition) is 3. The summed E-state index contributed by atoms with van der Waals surface area (Å²) in [6, 6.07) is 18.7. The van der Waals surface area contributed by atoms with E-state index in [-0.39, 0.29) is 17.0 Å². The maximum Gasteiger partial charge on any atom is 0.250 e. The lowest BCUT2D eigenvalue weighted by Crippen LogP contribution is -3.00. The largest absolute Gasteiger partial charge is 1.00 e. The Bertz CT molecular complexity index is 949. The molecule has 0 aliphatic carbocycles. The molecule has 0 radical (unpaired) electrons. The molecule has 0 spiro atoms. The van der Waals surface area contributed by atoms with Crippen LogP contribution in [-0.4, -0.2) is 23.6 Å². The van der Waals surface area contributed by atoms with Crippen LogP contribution in [0.25, 0.3) is 0 Å². The van der Waals surface area contributed by atoms with Crippen LogP contribution in [0.15, 0.2) is 65.3 Å². The van der Waals surface area contributed by atoms with Gasteiger partial charge in [-0.05, 0) is 29.8 Å². The van der Waals surface area contributed by atoms with Gasteiger partial charge in [0.1, 0.15) is 6.54 Å². The van der Waals surface area contributed by atoms with Gasteiger partial charge in [0.15, 0.2) is 23.8 Å². The van der Waals surface area contributed by atoms with Crippen LogP contribution in [0.3, 0.4) is 0 Å². The van der Waals surface area contributed by atoms with E-state index in [4.69, 9.17) is 13.9 Å². The molecule has 1 aromatic heterocycles. The lowest BCUT2D eigenvalue weighted by molar-refractivity contribution is -0.544. The number of furan rings is 1. The first-order valence-electron chi connectivity index (χ1n) is 8.51. The van der Waals surface area contributed by atoms with Crippen LogP contribution in [0.2, 0.25) is 0 Å². The van der Waals surface area contributed by atoms with Crippen LogP contribution >= 0.6 is 0 Å². The van der Waals surface area contributed by atoms with Crippen LogP contribution in [-0.2, 0) is 13.0 Å². The summed E-state index contributed by atoms with van der Waals surface area (Å²) in [4.78, 5) is 0. The summed E-state index contributed by atoms with van der Waals surface area (Å²) < 4.78 is 19.3. The van der Waals surface area contributed by atoms with Crippen LogP contribution in [0.5, 0.6) is 11.5 Å². The molecule has 0 unspecified atom stereocenters. The minimum Gasteiger partial charge on any atom is -1.00 e. The summed E-state index contributed by atoms with van der Waals surface area (Å²) >= 11 is 0. The standard InChI is InChI=1S/C21H18NO3.BrH/c1-2-5-15(6-3-1)13-22-9-8-16-11-19-20(25-14-24-19)12-17(16)21(22)18-7-4-10-23-18;/h1-7,10-12H,8-9,13-14H2;1H/q+1;/p-1. The number of ether oxygens (including phenoxy) is 2. The van der Waals surface area contributed by atoms with Crippen molar-refractivity contribution in [2.75, 3.05) is 13.3 Å². The summed E-state index contributed by atoms with van der Waals surface area (Å²) in [7, 11) is 0. The Morgan fingerprint density at radius 1 is 0.923 bits per heavy atom. The third-order valence-electron chi connectivity index (χ3n) is 4.79. The molecule has 2 aromatic carbocycles. The molecule has 0 saturated carbocycles. The van der Waals surface area contributed by atoms with Gasteiger partial charge in [-0.1, -0.05) is 30.3 Å². The van der Waals surface area contributed by atoms with E-state index in [0.717, 1.165) is 42.5 Å². The summed E-state index contributed by atoms with van der Waals surface area (Å²) in [5.74, 6) is 2.54. The number of halogens is 1. The fourth-order valence-electron chi connectivity index (χ4n) is 3.61. The van der Waals surface area contributed by atoms with Crippen LogP contribution in [0, 0.1) is 0 Å². The van der Waals surface area contributed by atoms with Gasteiger partial charge in [0.05, 0.1) is 11.8 Å². The Hall–Kier alpha value is -2.53. The van der Waals surface area contributed by atoms with Gasteiger partial charge in [-0.25, -0.2) is 4.58 Å². The summed E-state index contributed by atoms with van der Waals surface area (Å²) in [6.45, 7) is 2.09. The van der Waals surface area contributed by atoms with Crippen molar-refractivity contribution in [3.8, 4) is 11.5 Å². The Labute approximate surface area is 162 Å². The SMILES string of the molecule is [Br-].c1ccc(C[N+]2=C(c3ccco3)c3cc4c(cc3CC2)OCO4)cc1. The van der Waals surface area contributed by atoms with Crippen molar-refractivity contribution in [1.82, 2.24) is 0 Å². The highest BCUT2D eigenvalue weighted by Gasteiger charge is 2.32. The highest BCUT2D eigenvalue weighted by atomic mass is 79.9. The average Bonchev–Trinajstić information content (AvgIpc) is 3.32. The zero-order valence-electron chi connectivity index (χ0n) is 14.2. The predicted molar refractivity (Wildman–Crippen MR) is 93.5 cm³/mol. The Kier molecular flexibility index (Phi) is 4.55. The van der Waals surface area contributed by atoms with Crippen molar-refractivity contribution >= 4 is 5.71 Å². The van der Waals surface area contributed by atoms with Crippen molar-refractivity contribution < 1.29 is 35.4 Å². The minimum absolute atomic E-state index is 0. The molecule has 5 heteroatoms. The monoisotopic (exact) mass is 411 g/mol. The van der Waals surface area contributed by atoms with Crippen molar-refractivity contribution in [3.05, 3.63) is 83.3 Å². The summed E-state index contributed by atoms with van der Waals surface area (Å²) in [6.07, 6.45) is 2.70. The van der Waals surface area contributed by atoms with Crippen molar-refractivity contribution in [1.29, 1.82) is 0 Å². The number of fused-ring (bicyclic) bond motifs is 2. The van der Waals surface area contributed by atoms with E-state index in [2.05, 4.69) is 41.0 Å². The van der Waals surface area contributed by atoms with Gasteiger partial charge < -0.3 is 30.9 Å². The van der Waals surface area contributed by atoms with E-state index >= 15 is 0 Å². The maximum atomic E-state index is 5.77. The molecule has 2 aliphatic heterocycles. The summed E-state index contributed by atoms with van der Waals surface area (Å²) in [5.41, 5.74) is 4.85. The highest BCUT2D eigenvalue weighted by Crippen LogP contribution is 2.37. The van der Waals surface area contributed by atoms with Crippen LogP contribution in [0.1, 0.15) is 22.5 Å². The fraction of sp³-hybridized carbons (Fsp3) is 0.190. The number of hydrogen-bond donors (Lipinski definition) is 0. The van der Waals surface area contributed by atoms with Crippen molar-refractivity contribution in [2.24, 2.45) is 0 Å². The smallest absolute Gasteiger partial charge is 0.250 e. The molecule has 0 atom stereocenters. The normalized spacial score (nSPS) is 14.8. The first kappa shape index (κ1) is 16.9. The Morgan fingerprint density at radius 3 is 2.50 bits per heavy atom. The molecule has 0 amide bonds. The zero-order valence-corrected chi connectivity index (χ0v) is 15.7. The van der Waals surface area contributed by atoms with Gasteiger partial charge in [0, 0.05) is 12.0 Å². The Morgan fingerprint density at radius 2 is 1.73 bits per heavy atom. The van der Waals surface area contributed by atoms with Crippen molar-refractivity contribution in [2.45, 2.75) is 13.0 Å². The van der Waals surface area contributed by atoms with Crippen LogP contribution < -0.4 is 26.5 Å². The van der Waals surface area contributed by atoms with Gasteiger partial charge >= 0.3 is 0 Å². The van der Waals surface area contributed by atoms with E-state index in [1.165, 1.54) is 16.7 Å². The molecule has 0 bridgehead atoms. The molecule has 0 fully saturated rings. The zero-order chi connectivity index (χ0) is 16.6. The maximum absolute atomic E-state index is 5.77. The molecular formula is C21H18BrNO3. The molecule has 26 heavy (non-hydrogen) atoms. The van der Waals surface area contributed by atoms with E-state index in [0.29, 0.717) is 6.79 Å². The third-order valence-corrected chi connectivity index (χ3v) is 4.79. The van der Waals surface area contributed by atoms with Crippen LogP contribution in [0.4, 0.5) is 0 Å². The van der Waals surface area contributed by atoms with Crippen molar-refractivity contribution in [3.63, 3.8) is 0 Å². The number of rotatable bonds is 3. The van der Waals surface area contributed by atoms with Gasteiger partial charge in [-0.2, -0.15) is 0 Å². The number of nitrogens with zero attached hydrogens (tertiary/aromatic N) is 1. The molecular weight excluding hydrogens is 394 g/mol. The van der Waals surface area contributed by atoms with Gasteiger partial charge in [0.2, 0.25) is 6.79 Å². The lowest BCUT2D eigenvalue weighted by atomic mass is 9.94. The average molecular weight is 412 g/mol. The topological polar surface area (TPSA) is 34.6 Å². The van der Waals surface area contributed by atoms with Gasteiger partial charge in [-0.15, -0.1) is 0 Å². The molecule has 0 N–H and O–H groups in total. The second kappa shape index (κ2) is 7.00. The molecule has 132 valence electrons. The first-order chi connectivity index (χ1) is 12.4. The molecule has 3 heterocycles. The first-order valence-corrected chi connectivity index (χ1v) is 8.51. The second-order valence-corrected chi connectivity index (χ2v) is 6.35. The van der Waals surface area contributed by atoms with Gasteiger partial charge in [-0.3, -0.25) is 0 Å². The highest BCUT2D eigenvalue weighted by molar-refractivity contribution is 6.09. The predicted octanol–water partition coefficient (Wildman–Crippen LogP) is 0.619. The Balaban J connectivity index is 0.00000168. The molecule has 2 aliphatic rings. The quantitative estimate of drug-likeness (QED) is 0.592. The number of benzene rings is 2. The molecule has 5 rings (SSSR count). The second-order valence-electron chi connectivity index (χ2n) is 6.35. The summed E-state index contributed by atoms with van der Waals surface area (Å²) in [5, 5.41) is 0. The minimum atomic E-state index is 0. The molecule has 4 nitrogen and oxygen atoms in total. The van der Waals surface area contributed by atoms with E-state index in [1.54, 1.807) is 6.26 Å². The molecule has 0 saturated heterocycles.